The van der Waals surface area contributed by atoms with Crippen molar-refractivity contribution in [3.8, 4) is 0 Å². The molecule has 0 saturated heterocycles. The van der Waals surface area contributed by atoms with E-state index in [0.29, 0.717) is 5.88 Å². The molecule has 1 amide bonds. The second-order valence-corrected chi connectivity index (χ2v) is 10.4. The van der Waals surface area contributed by atoms with E-state index >= 15 is 0 Å². The van der Waals surface area contributed by atoms with E-state index in [1.54, 1.807) is 0 Å². The van der Waals surface area contributed by atoms with Gasteiger partial charge in [-0.2, -0.15) is 0 Å². The highest BCUT2D eigenvalue weighted by Crippen LogP contribution is 2.59. The monoisotopic (exact) mass is 321 g/mol. The van der Waals surface area contributed by atoms with Crippen molar-refractivity contribution in [2.45, 2.75) is 12.8 Å². The Morgan fingerprint density at radius 3 is 2.95 bits per heavy atom. The Morgan fingerprint density at radius 1 is 1.53 bits per heavy atom. The van der Waals surface area contributed by atoms with Crippen LogP contribution in [0.5, 0.6) is 0 Å². The lowest BCUT2D eigenvalue weighted by Gasteiger charge is -2.32. The molecule has 0 aromatic heterocycles. The van der Waals surface area contributed by atoms with Gasteiger partial charge in [0.1, 0.15) is 0 Å². The minimum atomic E-state index is -2.35. The summed E-state index contributed by atoms with van der Waals surface area (Å²) in [5.74, 6) is 0.338. The Labute approximate surface area is 121 Å². The maximum atomic E-state index is 12.3. The second-order valence-electron chi connectivity index (χ2n) is 3.87. The maximum Gasteiger partial charge on any atom is 0.268 e. The fourth-order valence-electron chi connectivity index (χ4n) is 1.74. The number of hydrazine groups is 2. The second kappa shape index (κ2) is 6.39. The molecule has 1 heterocycles. The third-order valence-electron chi connectivity index (χ3n) is 2.79. The van der Waals surface area contributed by atoms with Crippen molar-refractivity contribution in [1.29, 1.82) is 0 Å². The number of hydrogen-bond donors (Lipinski definition) is 2. The summed E-state index contributed by atoms with van der Waals surface area (Å²) in [7, 11) is 3.04. The number of carbonyl (C=O) groups excluding carboxylic acids is 1. The molecule has 0 fully saturated rings. The topological polar surface area (TPSA) is 62.8 Å². The summed E-state index contributed by atoms with van der Waals surface area (Å²) >= 11 is 6.56. The summed E-state index contributed by atoms with van der Waals surface area (Å²) in [6.07, 6.45) is 5.61. The molecular weight excluding hydrogens is 305 g/mol. The van der Waals surface area contributed by atoms with Gasteiger partial charge >= 0.3 is 0 Å². The molecule has 9 heteroatoms. The van der Waals surface area contributed by atoms with Crippen LogP contribution in [-0.4, -0.2) is 31.0 Å². The minimum absolute atomic E-state index is 0.0284. The molecule has 1 aliphatic heterocycles. The van der Waals surface area contributed by atoms with Gasteiger partial charge in [0.15, 0.2) is 0 Å². The average molecular weight is 321 g/mol. The molecular formula is C10H16N3O3PS2. The zero-order valence-corrected chi connectivity index (χ0v) is 13.2. The molecule has 0 unspecified atom stereocenters. The van der Waals surface area contributed by atoms with Gasteiger partial charge in [0.05, 0.1) is 11.6 Å². The first-order chi connectivity index (χ1) is 9.09. The third-order valence-corrected chi connectivity index (χ3v) is 8.41. The average Bonchev–Trinajstić information content (AvgIpc) is 2.46. The number of amides is 1. The fourth-order valence-corrected chi connectivity index (χ4v) is 4.37. The van der Waals surface area contributed by atoms with E-state index in [1.165, 1.54) is 30.6 Å². The van der Waals surface area contributed by atoms with Crippen LogP contribution in [0.25, 0.3) is 0 Å². The Morgan fingerprint density at radius 2 is 2.26 bits per heavy atom. The van der Waals surface area contributed by atoms with Gasteiger partial charge < -0.3 is 14.5 Å². The summed E-state index contributed by atoms with van der Waals surface area (Å²) in [6.45, 7) is 0. The summed E-state index contributed by atoms with van der Waals surface area (Å²) < 4.78 is 10.4. The molecule has 1 aliphatic carbocycles. The van der Waals surface area contributed by atoms with Crippen LogP contribution in [0.3, 0.4) is 0 Å². The van der Waals surface area contributed by atoms with Gasteiger partial charge in [-0.05, 0) is 42.1 Å². The van der Waals surface area contributed by atoms with Crippen LogP contribution < -0.4 is 11.0 Å². The van der Waals surface area contributed by atoms with Gasteiger partial charge in [-0.25, -0.2) is 5.01 Å². The van der Waals surface area contributed by atoms with Crippen LogP contribution in [0, 0.1) is 0 Å². The molecule has 0 saturated carbocycles. The van der Waals surface area contributed by atoms with E-state index < -0.39 is 5.69 Å². The quantitative estimate of drug-likeness (QED) is 0.747. The smallest absolute Gasteiger partial charge is 0.268 e. The predicted molar refractivity (Wildman–Crippen MR) is 79.3 cm³/mol. The minimum Gasteiger partial charge on any atom is -0.325 e. The maximum absolute atomic E-state index is 12.3. The van der Waals surface area contributed by atoms with Crippen molar-refractivity contribution in [2.75, 3.05) is 20.1 Å². The molecule has 0 aromatic rings. The van der Waals surface area contributed by atoms with E-state index in [0.717, 1.165) is 24.1 Å². The molecule has 0 aromatic carbocycles. The van der Waals surface area contributed by atoms with Gasteiger partial charge in [0.2, 0.25) is 5.69 Å². The van der Waals surface area contributed by atoms with Crippen LogP contribution in [0.15, 0.2) is 23.4 Å². The summed E-state index contributed by atoms with van der Waals surface area (Å²) in [6, 6.07) is 0. The molecule has 2 aliphatic rings. The van der Waals surface area contributed by atoms with Crippen LogP contribution in [0.4, 0.5) is 0 Å². The Hall–Kier alpha value is -0.370. The van der Waals surface area contributed by atoms with Gasteiger partial charge in [-0.15, -0.1) is 5.53 Å². The number of rotatable bonds is 5. The van der Waals surface area contributed by atoms with Gasteiger partial charge in [0.25, 0.3) is 5.91 Å². The molecule has 0 atom stereocenters. The number of carbonyl (C=O) groups is 1. The largest absolute Gasteiger partial charge is 0.325 e. The molecule has 2 rings (SSSR count). The molecule has 19 heavy (non-hydrogen) atoms. The van der Waals surface area contributed by atoms with E-state index in [2.05, 4.69) is 11.0 Å². The first kappa shape index (κ1) is 15.0. The van der Waals surface area contributed by atoms with Crippen LogP contribution >= 0.6 is 17.1 Å². The lowest BCUT2D eigenvalue weighted by Crippen LogP contribution is -2.54. The SMILES string of the molecule is COP(=S)(OC)SCN1NNC2=C(CCC=C2)C1=O. The molecule has 2 N–H and O–H groups in total. The van der Waals surface area contributed by atoms with E-state index in [9.17, 15) is 4.79 Å². The third kappa shape index (κ3) is 3.39. The van der Waals surface area contributed by atoms with Gasteiger partial charge in [0, 0.05) is 19.8 Å². The summed E-state index contributed by atoms with van der Waals surface area (Å²) in [5.41, 5.74) is 5.14. The predicted octanol–water partition coefficient (Wildman–Crippen LogP) is 1.65. The number of allylic oxidation sites excluding steroid dienone is 2. The molecule has 0 radical (unpaired) electrons. The first-order valence-electron chi connectivity index (χ1n) is 5.69. The lowest BCUT2D eigenvalue weighted by atomic mass is 10.0. The van der Waals surface area contributed by atoms with Crippen molar-refractivity contribution >= 4 is 34.8 Å². The molecule has 0 spiro atoms. The summed E-state index contributed by atoms with van der Waals surface area (Å²) in [5, 5.41) is 1.49. The Kier molecular flexibility index (Phi) is 5.05. The molecule has 6 nitrogen and oxygen atoms in total. The van der Waals surface area contributed by atoms with Crippen molar-refractivity contribution in [3.05, 3.63) is 23.4 Å². The van der Waals surface area contributed by atoms with Crippen LogP contribution in [-0.2, 0) is 25.6 Å². The molecule has 0 bridgehead atoms. The van der Waals surface area contributed by atoms with Crippen molar-refractivity contribution < 1.29 is 13.8 Å². The normalized spacial score (nSPS) is 19.5. The highest BCUT2D eigenvalue weighted by Gasteiger charge is 2.28. The van der Waals surface area contributed by atoms with Crippen LogP contribution in [0.2, 0.25) is 0 Å². The first-order valence-corrected chi connectivity index (χ1v) is 9.92. The van der Waals surface area contributed by atoms with Gasteiger partial charge in [-0.3, -0.25) is 4.79 Å². The number of hydrogen-bond acceptors (Lipinski definition) is 7. The van der Waals surface area contributed by atoms with Crippen molar-refractivity contribution in [1.82, 2.24) is 16.0 Å². The molecule has 106 valence electrons. The van der Waals surface area contributed by atoms with Gasteiger partial charge in [-0.1, -0.05) is 6.08 Å². The lowest BCUT2D eigenvalue weighted by molar-refractivity contribution is -0.131. The van der Waals surface area contributed by atoms with E-state index in [4.69, 9.17) is 20.9 Å². The highest BCUT2D eigenvalue weighted by molar-refractivity contribution is 8.67. The van der Waals surface area contributed by atoms with Crippen molar-refractivity contribution in [2.24, 2.45) is 0 Å². The standard InChI is InChI=1S/C10H16N3O3PS2/c1-15-17(18,16-2)19-7-13-10(14)8-5-3-4-6-9(8)11-12-13/h4,6,11-12H,3,5,7H2,1-2H3. The van der Waals surface area contributed by atoms with E-state index in [-0.39, 0.29) is 5.91 Å². The van der Waals surface area contributed by atoms with Crippen molar-refractivity contribution in [3.63, 3.8) is 0 Å². The van der Waals surface area contributed by atoms with Crippen LogP contribution in [0.1, 0.15) is 12.8 Å². The zero-order chi connectivity index (χ0) is 13.9. The zero-order valence-electron chi connectivity index (χ0n) is 10.7. The van der Waals surface area contributed by atoms with E-state index in [1.807, 2.05) is 12.2 Å². The Balaban J connectivity index is 2.00. The number of nitrogens with one attached hydrogen (secondary N) is 2. The highest BCUT2D eigenvalue weighted by atomic mass is 32.9. The Bertz CT molecular complexity index is 473. The fraction of sp³-hybridized carbons (Fsp3) is 0.500. The summed E-state index contributed by atoms with van der Waals surface area (Å²) in [4.78, 5) is 12.3. The number of nitrogens with zero attached hydrogens (tertiary/aromatic N) is 1.